The van der Waals surface area contributed by atoms with Crippen LogP contribution in [0.3, 0.4) is 0 Å². The van der Waals surface area contributed by atoms with E-state index < -0.39 is 31.0 Å². The fourth-order valence-corrected chi connectivity index (χ4v) is 8.25. The van der Waals surface area contributed by atoms with Crippen LogP contribution >= 0.6 is 0 Å². The van der Waals surface area contributed by atoms with E-state index >= 15 is 0 Å². The van der Waals surface area contributed by atoms with Crippen molar-refractivity contribution in [2.45, 2.75) is 57.7 Å². The van der Waals surface area contributed by atoms with Crippen LogP contribution in [0, 0.1) is 5.41 Å². The van der Waals surface area contributed by atoms with E-state index in [-0.39, 0.29) is 56.4 Å². The zero-order chi connectivity index (χ0) is 37.9. The number of carbonyl (C=O) groups is 6. The summed E-state index contributed by atoms with van der Waals surface area (Å²) in [5, 5.41) is 5.27. The number of benzene rings is 3. The number of imide groups is 2. The first kappa shape index (κ1) is 36.0. The quantitative estimate of drug-likeness (QED) is 0.122. The Hall–Kier alpha value is -5.34. The molecular formula is C39H43N5O8Si. The van der Waals surface area contributed by atoms with Crippen molar-refractivity contribution in [3.63, 3.8) is 0 Å². The molecular weight excluding hydrogens is 695 g/mol. The van der Waals surface area contributed by atoms with E-state index in [9.17, 15) is 28.8 Å². The zero-order valence-electron chi connectivity index (χ0n) is 30.5. The summed E-state index contributed by atoms with van der Waals surface area (Å²) in [5.41, 5.74) is 2.21. The van der Waals surface area contributed by atoms with E-state index in [0.29, 0.717) is 35.6 Å². The number of urea groups is 1. The van der Waals surface area contributed by atoms with E-state index in [1.807, 2.05) is 30.3 Å². The summed E-state index contributed by atoms with van der Waals surface area (Å²) < 4.78 is 11.2. The van der Waals surface area contributed by atoms with Gasteiger partial charge in [0.1, 0.15) is 12.5 Å². The normalized spacial score (nSPS) is 22.5. The Bertz CT molecular complexity index is 2060. The van der Waals surface area contributed by atoms with Gasteiger partial charge in [0.05, 0.1) is 19.1 Å². The Morgan fingerprint density at radius 1 is 0.792 bits per heavy atom. The van der Waals surface area contributed by atoms with Crippen molar-refractivity contribution in [1.82, 2.24) is 25.3 Å². The molecule has 3 aromatic carbocycles. The molecule has 0 spiro atoms. The lowest BCUT2D eigenvalue weighted by Crippen LogP contribution is -2.53. The molecule has 2 fully saturated rings. The second-order valence-corrected chi connectivity index (χ2v) is 21.4. The summed E-state index contributed by atoms with van der Waals surface area (Å²) in [7, 11) is 0.124. The standard InChI is InChI=1S/C39H43N5O8Si/c1-38(18-32(45)40-35(38)48)21-42-20-27-16-25(9-13-30(27)33(42)46)24-6-10-28(11-7-24)39(22-43-19-26-8-12-29(51-2)17-31(26)34(43)47)36(49)44(37(50)41-39)23-52-14-15-53(3,4)5/h6-13,16-17H,14-15,18-23H2,1-5H3,(H,41,50)(H,40,45,48)/t38?,39-/m0/s1. The predicted octanol–water partition coefficient (Wildman–Crippen LogP) is 4.09. The van der Waals surface area contributed by atoms with Gasteiger partial charge in [-0.2, -0.15) is 0 Å². The number of hydrogen-bond donors (Lipinski definition) is 2. The van der Waals surface area contributed by atoms with Crippen molar-refractivity contribution in [2.75, 3.05) is 33.5 Å². The number of hydrogen-bond acceptors (Lipinski definition) is 8. The fraction of sp³-hybridized carbons (Fsp3) is 0.385. The first-order valence-electron chi connectivity index (χ1n) is 17.7. The number of nitrogens with zero attached hydrogens (tertiary/aromatic N) is 3. The zero-order valence-corrected chi connectivity index (χ0v) is 31.5. The Labute approximate surface area is 308 Å². The highest BCUT2D eigenvalue weighted by Gasteiger charge is 2.54. The Morgan fingerprint density at radius 2 is 1.47 bits per heavy atom. The van der Waals surface area contributed by atoms with Crippen LogP contribution in [-0.4, -0.2) is 91.9 Å². The maximum Gasteiger partial charge on any atom is 0.327 e. The van der Waals surface area contributed by atoms with Gasteiger partial charge in [-0.25, -0.2) is 9.69 Å². The van der Waals surface area contributed by atoms with Gasteiger partial charge >= 0.3 is 6.03 Å². The lowest BCUT2D eigenvalue weighted by atomic mass is 9.87. The van der Waals surface area contributed by atoms with Gasteiger partial charge in [0.25, 0.3) is 17.7 Å². The Morgan fingerprint density at radius 3 is 2.15 bits per heavy atom. The number of amides is 7. The van der Waals surface area contributed by atoms with Crippen LogP contribution in [-0.2, 0) is 37.7 Å². The smallest absolute Gasteiger partial charge is 0.327 e. The average Bonchev–Trinajstić information content (AvgIpc) is 3.76. The van der Waals surface area contributed by atoms with Crippen LogP contribution in [0.25, 0.3) is 11.1 Å². The first-order valence-corrected chi connectivity index (χ1v) is 21.4. The Kier molecular flexibility index (Phi) is 9.01. The highest BCUT2D eigenvalue weighted by atomic mass is 28.3. The maximum absolute atomic E-state index is 14.4. The molecule has 7 amide bonds. The van der Waals surface area contributed by atoms with Gasteiger partial charge in [-0.1, -0.05) is 56.0 Å². The predicted molar refractivity (Wildman–Crippen MR) is 196 cm³/mol. The summed E-state index contributed by atoms with van der Waals surface area (Å²) in [5.74, 6) is -1.14. The van der Waals surface area contributed by atoms with Crippen LogP contribution in [0.5, 0.6) is 5.75 Å². The van der Waals surface area contributed by atoms with Crippen LogP contribution in [0.15, 0.2) is 60.7 Å². The fourth-order valence-electron chi connectivity index (χ4n) is 7.49. The summed E-state index contributed by atoms with van der Waals surface area (Å²) >= 11 is 0. The third-order valence-corrected chi connectivity index (χ3v) is 12.3. The lowest BCUT2D eigenvalue weighted by molar-refractivity contribution is -0.136. The van der Waals surface area contributed by atoms with Crippen molar-refractivity contribution in [3.8, 4) is 16.9 Å². The van der Waals surface area contributed by atoms with E-state index in [1.165, 1.54) is 7.11 Å². The van der Waals surface area contributed by atoms with Crippen molar-refractivity contribution < 1.29 is 38.2 Å². The Balaban J connectivity index is 1.14. The molecule has 7 rings (SSSR count). The topological polar surface area (TPSA) is 155 Å². The SMILES string of the molecule is COc1ccc2c(c1)C(=O)N(C[C@@]1(c3ccc(-c4ccc5c(c4)CN(CC4(C)CC(=O)NC4=O)C5=O)cc3)NC(=O)N(COCC[Si](C)(C)C)C1=O)C2. The third kappa shape index (κ3) is 6.61. The number of nitrogens with one attached hydrogen (secondary N) is 2. The molecule has 0 saturated carbocycles. The number of rotatable bonds is 12. The molecule has 13 nitrogen and oxygen atoms in total. The number of methoxy groups -OCH3 is 1. The average molecular weight is 738 g/mol. The molecule has 4 heterocycles. The molecule has 2 saturated heterocycles. The van der Waals surface area contributed by atoms with Crippen LogP contribution < -0.4 is 15.4 Å². The molecule has 2 N–H and O–H groups in total. The molecule has 2 atom stereocenters. The summed E-state index contributed by atoms with van der Waals surface area (Å²) in [6.07, 6.45) is 0.0327. The summed E-state index contributed by atoms with van der Waals surface area (Å²) in [4.78, 5) is 83.3. The summed E-state index contributed by atoms with van der Waals surface area (Å²) in [6, 6.07) is 18.4. The van der Waals surface area contributed by atoms with Gasteiger partial charge in [0, 0.05) is 51.9 Å². The van der Waals surface area contributed by atoms with Gasteiger partial charge in [-0.05, 0) is 65.1 Å². The molecule has 0 aromatic heterocycles. The molecule has 3 aromatic rings. The minimum Gasteiger partial charge on any atom is -0.497 e. The van der Waals surface area contributed by atoms with Crippen LogP contribution in [0.1, 0.15) is 50.8 Å². The van der Waals surface area contributed by atoms with Gasteiger partial charge in [0.2, 0.25) is 11.8 Å². The molecule has 0 bridgehead atoms. The second kappa shape index (κ2) is 13.3. The largest absolute Gasteiger partial charge is 0.497 e. The van der Waals surface area contributed by atoms with Crippen LogP contribution in [0.2, 0.25) is 25.7 Å². The van der Waals surface area contributed by atoms with E-state index in [1.54, 1.807) is 47.1 Å². The first-order chi connectivity index (χ1) is 25.1. The summed E-state index contributed by atoms with van der Waals surface area (Å²) in [6.45, 7) is 9.17. The minimum atomic E-state index is -1.57. The van der Waals surface area contributed by atoms with E-state index in [4.69, 9.17) is 9.47 Å². The molecule has 1 unspecified atom stereocenters. The number of fused-ring (bicyclic) bond motifs is 2. The van der Waals surface area contributed by atoms with E-state index in [2.05, 4.69) is 30.3 Å². The van der Waals surface area contributed by atoms with Crippen molar-refractivity contribution >= 4 is 43.6 Å². The third-order valence-electron chi connectivity index (χ3n) is 10.6. The van der Waals surface area contributed by atoms with Crippen molar-refractivity contribution in [2.24, 2.45) is 5.41 Å². The highest BCUT2D eigenvalue weighted by molar-refractivity contribution is 6.76. The molecule has 0 radical (unpaired) electrons. The molecule has 4 aliphatic heterocycles. The van der Waals surface area contributed by atoms with E-state index in [0.717, 1.165) is 33.2 Å². The lowest BCUT2D eigenvalue weighted by Gasteiger charge is -2.32. The van der Waals surface area contributed by atoms with Crippen molar-refractivity contribution in [1.29, 1.82) is 0 Å². The second-order valence-electron chi connectivity index (χ2n) is 15.8. The number of carbonyl (C=O) groups excluding carboxylic acids is 6. The maximum atomic E-state index is 14.4. The molecule has 4 aliphatic rings. The monoisotopic (exact) mass is 737 g/mol. The molecule has 0 aliphatic carbocycles. The minimum absolute atomic E-state index is 0.0327. The molecule has 53 heavy (non-hydrogen) atoms. The van der Waals surface area contributed by atoms with Gasteiger partial charge in [0.15, 0.2) is 5.54 Å². The molecule has 14 heteroatoms. The van der Waals surface area contributed by atoms with Gasteiger partial charge < -0.3 is 24.6 Å². The van der Waals surface area contributed by atoms with Gasteiger partial charge in [-0.15, -0.1) is 0 Å². The van der Waals surface area contributed by atoms with Gasteiger partial charge in [-0.3, -0.25) is 29.3 Å². The highest BCUT2D eigenvalue weighted by Crippen LogP contribution is 2.37. The molecule has 276 valence electrons. The number of ether oxygens (including phenoxy) is 2. The van der Waals surface area contributed by atoms with Crippen molar-refractivity contribution in [3.05, 3.63) is 88.5 Å². The van der Waals surface area contributed by atoms with Crippen LogP contribution in [0.4, 0.5) is 4.79 Å².